The van der Waals surface area contributed by atoms with Crippen molar-refractivity contribution in [2.24, 2.45) is 5.10 Å². The monoisotopic (exact) mass is 536 g/mol. The molecule has 1 saturated heterocycles. The second-order valence-electron chi connectivity index (χ2n) is 7.88. The number of hydrogen-bond acceptors (Lipinski definition) is 7. The maximum atomic E-state index is 12.3. The Morgan fingerprint density at radius 3 is 2.67 bits per heavy atom. The Morgan fingerprint density at radius 1 is 1.17 bits per heavy atom. The molecule has 3 amide bonds. The molecule has 1 fully saturated rings. The lowest BCUT2D eigenvalue weighted by Crippen LogP contribution is -2.41. The highest BCUT2D eigenvalue weighted by Crippen LogP contribution is 2.36. The molecule has 0 spiro atoms. The fourth-order valence-corrected chi connectivity index (χ4v) is 3.72. The minimum absolute atomic E-state index is 0.0761. The maximum Gasteiger partial charge on any atom is 0.329 e. The summed E-state index contributed by atoms with van der Waals surface area (Å²) >= 11 is 12.4. The highest BCUT2D eigenvalue weighted by molar-refractivity contribution is 6.35. The summed E-state index contributed by atoms with van der Waals surface area (Å²) in [6, 6.07) is 8.21. The van der Waals surface area contributed by atoms with E-state index in [2.05, 4.69) is 21.2 Å². The SMILES string of the molecule is COc1cc(/C=N\NC(=O)C(=O)NC[C@@H]2CCCO2)cc(Cl)c1OCC(=O)Nc1ccc(C)c(Cl)c1. The largest absolute Gasteiger partial charge is 0.493 e. The summed E-state index contributed by atoms with van der Waals surface area (Å²) < 4.78 is 16.3. The van der Waals surface area contributed by atoms with E-state index in [-0.39, 0.29) is 35.8 Å². The Bertz CT molecular complexity index is 1150. The molecule has 12 heteroatoms. The van der Waals surface area contributed by atoms with Gasteiger partial charge in [-0.25, -0.2) is 5.43 Å². The van der Waals surface area contributed by atoms with Gasteiger partial charge in [0.2, 0.25) is 0 Å². The van der Waals surface area contributed by atoms with Gasteiger partial charge in [0.25, 0.3) is 5.91 Å². The van der Waals surface area contributed by atoms with Gasteiger partial charge in [0.05, 0.1) is 24.5 Å². The van der Waals surface area contributed by atoms with E-state index in [1.165, 1.54) is 19.4 Å². The van der Waals surface area contributed by atoms with Crippen molar-refractivity contribution in [3.05, 3.63) is 51.5 Å². The minimum atomic E-state index is -0.914. The van der Waals surface area contributed by atoms with Gasteiger partial charge in [0.15, 0.2) is 18.1 Å². The summed E-state index contributed by atoms with van der Waals surface area (Å²) in [7, 11) is 1.41. The van der Waals surface area contributed by atoms with Crippen molar-refractivity contribution in [2.75, 3.05) is 32.2 Å². The smallest absolute Gasteiger partial charge is 0.329 e. The van der Waals surface area contributed by atoms with Crippen molar-refractivity contribution in [1.82, 2.24) is 10.7 Å². The van der Waals surface area contributed by atoms with Gasteiger partial charge in [-0.15, -0.1) is 0 Å². The lowest BCUT2D eigenvalue weighted by atomic mass is 10.2. The molecule has 192 valence electrons. The zero-order valence-electron chi connectivity index (χ0n) is 19.7. The third-order valence-corrected chi connectivity index (χ3v) is 5.84. The first-order valence-electron chi connectivity index (χ1n) is 11.1. The van der Waals surface area contributed by atoms with Gasteiger partial charge in [-0.2, -0.15) is 5.10 Å². The van der Waals surface area contributed by atoms with Gasteiger partial charge in [0, 0.05) is 23.9 Å². The predicted molar refractivity (Wildman–Crippen MR) is 136 cm³/mol. The van der Waals surface area contributed by atoms with Crippen molar-refractivity contribution in [3.8, 4) is 11.5 Å². The van der Waals surface area contributed by atoms with Crippen molar-refractivity contribution in [2.45, 2.75) is 25.9 Å². The van der Waals surface area contributed by atoms with E-state index in [0.717, 1.165) is 18.4 Å². The molecule has 1 aliphatic rings. The van der Waals surface area contributed by atoms with E-state index >= 15 is 0 Å². The standard InChI is InChI=1S/C24H26Cl2N4O6/c1-14-5-6-16(10-18(14)25)29-21(31)13-36-22-19(26)8-15(9-20(22)34-2)11-28-30-24(33)23(32)27-12-17-4-3-7-35-17/h5-6,8-11,17H,3-4,7,12-13H2,1-2H3,(H,27,32)(H,29,31)(H,30,33)/b28-11-/t17-/m0/s1. The van der Waals surface area contributed by atoms with E-state index in [1.54, 1.807) is 24.3 Å². The predicted octanol–water partition coefficient (Wildman–Crippen LogP) is 3.07. The second-order valence-corrected chi connectivity index (χ2v) is 8.69. The Kier molecular flexibility index (Phi) is 9.92. The van der Waals surface area contributed by atoms with E-state index in [4.69, 9.17) is 37.4 Å². The number of nitrogens with zero attached hydrogens (tertiary/aromatic N) is 1. The molecule has 3 rings (SSSR count). The number of ether oxygens (including phenoxy) is 3. The molecule has 0 radical (unpaired) electrons. The van der Waals surface area contributed by atoms with E-state index in [9.17, 15) is 14.4 Å². The molecule has 1 atom stereocenters. The number of hydrazone groups is 1. The average Bonchev–Trinajstić information content (AvgIpc) is 3.37. The number of rotatable bonds is 9. The number of carbonyl (C=O) groups excluding carboxylic acids is 3. The summed E-state index contributed by atoms with van der Waals surface area (Å²) in [5.74, 6) is -1.74. The van der Waals surface area contributed by atoms with Gasteiger partial charge in [0.1, 0.15) is 0 Å². The van der Waals surface area contributed by atoms with Crippen LogP contribution in [0.1, 0.15) is 24.0 Å². The number of anilines is 1. The van der Waals surface area contributed by atoms with Crippen LogP contribution >= 0.6 is 23.2 Å². The number of amides is 3. The van der Waals surface area contributed by atoms with Crippen LogP contribution in [0.2, 0.25) is 10.0 Å². The van der Waals surface area contributed by atoms with E-state index in [0.29, 0.717) is 22.9 Å². The van der Waals surface area contributed by atoms with Crippen LogP contribution in [0.3, 0.4) is 0 Å². The first-order valence-corrected chi connectivity index (χ1v) is 11.8. The molecule has 3 N–H and O–H groups in total. The topological polar surface area (TPSA) is 127 Å². The first kappa shape index (κ1) is 27.3. The van der Waals surface area contributed by atoms with Crippen LogP contribution in [0.25, 0.3) is 0 Å². The Labute approximate surface area is 218 Å². The Hall–Kier alpha value is -3.34. The molecule has 0 aliphatic carbocycles. The number of nitrogens with one attached hydrogen (secondary N) is 3. The van der Waals surface area contributed by atoms with Gasteiger partial charge >= 0.3 is 11.8 Å². The number of halogens is 2. The maximum absolute atomic E-state index is 12.3. The fourth-order valence-electron chi connectivity index (χ4n) is 3.27. The molecular formula is C24H26Cl2N4O6. The first-order chi connectivity index (χ1) is 17.3. The van der Waals surface area contributed by atoms with Crippen LogP contribution in [0.4, 0.5) is 5.69 Å². The number of aryl methyl sites for hydroxylation is 1. The number of hydrogen-bond donors (Lipinski definition) is 3. The highest BCUT2D eigenvalue weighted by atomic mass is 35.5. The molecule has 0 aromatic heterocycles. The normalized spacial score (nSPS) is 14.9. The summed E-state index contributed by atoms with van der Waals surface area (Å²) in [4.78, 5) is 36.0. The van der Waals surface area contributed by atoms with Gasteiger partial charge in [-0.1, -0.05) is 29.3 Å². The van der Waals surface area contributed by atoms with Crippen LogP contribution in [0.15, 0.2) is 35.4 Å². The van der Waals surface area contributed by atoms with Crippen LogP contribution in [-0.4, -0.2) is 56.9 Å². The molecular weight excluding hydrogens is 511 g/mol. The Balaban J connectivity index is 1.53. The van der Waals surface area contributed by atoms with Gasteiger partial charge < -0.3 is 24.8 Å². The second kappa shape index (κ2) is 13.1. The molecule has 2 aromatic rings. The molecule has 0 saturated carbocycles. The minimum Gasteiger partial charge on any atom is -0.493 e. The molecule has 2 aromatic carbocycles. The van der Waals surface area contributed by atoms with Crippen molar-refractivity contribution in [1.29, 1.82) is 0 Å². The summed E-state index contributed by atoms with van der Waals surface area (Å²) in [6.07, 6.45) is 2.99. The molecule has 10 nitrogen and oxygen atoms in total. The fraction of sp³-hybridized carbons (Fsp3) is 0.333. The zero-order valence-corrected chi connectivity index (χ0v) is 21.2. The van der Waals surface area contributed by atoms with Crippen LogP contribution in [-0.2, 0) is 19.1 Å². The molecule has 0 unspecified atom stereocenters. The summed E-state index contributed by atoms with van der Waals surface area (Å²) in [5.41, 5.74) is 4.04. The van der Waals surface area contributed by atoms with Crippen LogP contribution < -0.4 is 25.5 Å². The average molecular weight is 537 g/mol. The van der Waals surface area contributed by atoms with Gasteiger partial charge in [-0.3, -0.25) is 14.4 Å². The van der Waals surface area contributed by atoms with Crippen LogP contribution in [0.5, 0.6) is 11.5 Å². The third-order valence-electron chi connectivity index (χ3n) is 5.16. The van der Waals surface area contributed by atoms with E-state index < -0.39 is 17.7 Å². The summed E-state index contributed by atoms with van der Waals surface area (Å²) in [5, 5.41) is 9.66. The Morgan fingerprint density at radius 2 is 1.97 bits per heavy atom. The van der Waals surface area contributed by atoms with Crippen molar-refractivity contribution >= 4 is 52.8 Å². The number of carbonyl (C=O) groups is 3. The van der Waals surface area contributed by atoms with Crippen molar-refractivity contribution < 1.29 is 28.6 Å². The van der Waals surface area contributed by atoms with Gasteiger partial charge in [-0.05, 0) is 55.2 Å². The van der Waals surface area contributed by atoms with E-state index in [1.807, 2.05) is 6.92 Å². The van der Waals surface area contributed by atoms with Crippen LogP contribution in [0, 0.1) is 6.92 Å². The number of benzene rings is 2. The third kappa shape index (κ3) is 7.84. The molecule has 36 heavy (non-hydrogen) atoms. The lowest BCUT2D eigenvalue weighted by molar-refractivity contribution is -0.139. The lowest BCUT2D eigenvalue weighted by Gasteiger charge is -2.13. The molecule has 1 aliphatic heterocycles. The summed E-state index contributed by atoms with van der Waals surface area (Å²) in [6.45, 7) is 2.45. The zero-order chi connectivity index (χ0) is 26.1. The molecule has 1 heterocycles. The quantitative estimate of drug-likeness (QED) is 0.256. The highest BCUT2D eigenvalue weighted by Gasteiger charge is 2.19. The molecule has 0 bridgehead atoms. The number of methoxy groups -OCH3 is 1. The van der Waals surface area contributed by atoms with Crippen molar-refractivity contribution in [3.63, 3.8) is 0 Å².